The maximum Gasteiger partial charge on any atom is 0.342 e. The van der Waals surface area contributed by atoms with Gasteiger partial charge < -0.3 is 14.8 Å². The number of carbonyl (C=O) groups is 1. The monoisotopic (exact) mass is 401 g/mol. The zero-order valence-electron chi connectivity index (χ0n) is 14.3. The molecule has 138 valence electrons. The molecule has 0 aliphatic heterocycles. The summed E-state index contributed by atoms with van der Waals surface area (Å²) in [7, 11) is 0. The summed E-state index contributed by atoms with van der Waals surface area (Å²) >= 11 is 6.94. The number of nitrogens with zero attached hydrogens (tertiary/aromatic N) is 3. The second kappa shape index (κ2) is 8.28. The van der Waals surface area contributed by atoms with Gasteiger partial charge in [-0.2, -0.15) is 0 Å². The summed E-state index contributed by atoms with van der Waals surface area (Å²) in [5, 5.41) is 28.6. The number of carboxylic acids is 1. The van der Waals surface area contributed by atoms with Crippen LogP contribution >= 0.6 is 23.4 Å². The summed E-state index contributed by atoms with van der Waals surface area (Å²) in [6.45, 7) is 2.51. The molecular formula is C19H16ClN3O3S. The molecule has 0 amide bonds. The van der Waals surface area contributed by atoms with Crippen LogP contribution in [-0.4, -0.2) is 30.9 Å². The molecule has 0 saturated carbocycles. The second-order valence-electron chi connectivity index (χ2n) is 5.57. The average molecular weight is 402 g/mol. The Hall–Kier alpha value is -2.77. The fourth-order valence-electron chi connectivity index (χ4n) is 2.46. The largest absolute Gasteiger partial charge is 0.508 e. The Morgan fingerprint density at radius 2 is 1.96 bits per heavy atom. The van der Waals surface area contributed by atoms with E-state index in [1.54, 1.807) is 24.3 Å². The minimum atomic E-state index is -1.08. The van der Waals surface area contributed by atoms with Crippen molar-refractivity contribution in [2.45, 2.75) is 18.6 Å². The van der Waals surface area contributed by atoms with E-state index in [9.17, 15) is 15.0 Å². The van der Waals surface area contributed by atoms with Crippen molar-refractivity contribution in [3.8, 4) is 17.1 Å². The number of rotatable bonds is 6. The van der Waals surface area contributed by atoms with E-state index in [4.69, 9.17) is 11.6 Å². The molecule has 1 aromatic heterocycles. The van der Waals surface area contributed by atoms with Gasteiger partial charge in [-0.25, -0.2) is 4.79 Å². The summed E-state index contributed by atoms with van der Waals surface area (Å²) in [6.07, 6.45) is 1.49. The standard InChI is InChI=1S/C19H16ClN3O3S/c1-2-23-17(13-6-8-14(20)9-7-13)21-22-19(23)27-16(18(25)26)11-12-4-3-5-15(24)10-12/h3-11,24H,2H2,1H3,(H,25,26)/b16-11+. The van der Waals surface area contributed by atoms with Crippen LogP contribution in [0, 0.1) is 0 Å². The van der Waals surface area contributed by atoms with Gasteiger partial charge in [0.25, 0.3) is 0 Å². The quantitative estimate of drug-likeness (QED) is 0.465. The Labute approximate surface area is 165 Å². The van der Waals surface area contributed by atoms with Crippen molar-refractivity contribution in [2.75, 3.05) is 0 Å². The number of thioether (sulfide) groups is 1. The molecule has 0 atom stereocenters. The lowest BCUT2D eigenvalue weighted by Crippen LogP contribution is -2.02. The number of phenolic OH excluding ortho intramolecular Hbond substituents is 1. The number of aromatic nitrogens is 3. The topological polar surface area (TPSA) is 88.2 Å². The highest BCUT2D eigenvalue weighted by atomic mass is 35.5. The number of hydrogen-bond acceptors (Lipinski definition) is 5. The maximum absolute atomic E-state index is 11.7. The lowest BCUT2D eigenvalue weighted by molar-refractivity contribution is -0.131. The van der Waals surface area contributed by atoms with E-state index in [0.29, 0.717) is 28.1 Å². The molecule has 0 radical (unpaired) electrons. The molecule has 0 aliphatic rings. The molecule has 2 N–H and O–H groups in total. The zero-order valence-corrected chi connectivity index (χ0v) is 15.9. The Kier molecular flexibility index (Phi) is 5.83. The number of carboxylic acid groups (broad SMARTS) is 1. The van der Waals surface area contributed by atoms with Gasteiger partial charge in [0.1, 0.15) is 10.7 Å². The van der Waals surface area contributed by atoms with Crippen LogP contribution in [0.5, 0.6) is 5.75 Å². The Balaban J connectivity index is 1.95. The highest BCUT2D eigenvalue weighted by Gasteiger charge is 2.18. The fraction of sp³-hybridized carbons (Fsp3) is 0.105. The van der Waals surface area contributed by atoms with Gasteiger partial charge in [-0.05, 0) is 66.7 Å². The molecular weight excluding hydrogens is 386 g/mol. The fourth-order valence-corrected chi connectivity index (χ4v) is 3.47. The van der Waals surface area contributed by atoms with E-state index in [-0.39, 0.29) is 10.7 Å². The van der Waals surface area contributed by atoms with Gasteiger partial charge in [0, 0.05) is 17.1 Å². The molecule has 0 fully saturated rings. The SMILES string of the molecule is CCn1c(S/C(=C/c2cccc(O)c2)C(=O)O)nnc1-c1ccc(Cl)cc1. The van der Waals surface area contributed by atoms with Crippen LogP contribution in [0.15, 0.2) is 58.6 Å². The molecule has 8 heteroatoms. The van der Waals surface area contributed by atoms with Crippen LogP contribution < -0.4 is 0 Å². The van der Waals surface area contributed by atoms with Gasteiger partial charge in [-0.1, -0.05) is 23.7 Å². The summed E-state index contributed by atoms with van der Waals surface area (Å²) < 4.78 is 1.84. The highest BCUT2D eigenvalue weighted by Crippen LogP contribution is 2.31. The van der Waals surface area contributed by atoms with Crippen molar-refractivity contribution in [1.82, 2.24) is 14.8 Å². The van der Waals surface area contributed by atoms with Crippen molar-refractivity contribution in [2.24, 2.45) is 0 Å². The molecule has 3 rings (SSSR count). The molecule has 0 bridgehead atoms. The van der Waals surface area contributed by atoms with Crippen molar-refractivity contribution in [1.29, 1.82) is 0 Å². The summed E-state index contributed by atoms with van der Waals surface area (Å²) in [5.74, 6) is -0.374. The lowest BCUT2D eigenvalue weighted by Gasteiger charge is -2.08. The third-order valence-electron chi connectivity index (χ3n) is 3.72. The third-order valence-corrected chi connectivity index (χ3v) is 4.96. The minimum absolute atomic E-state index is 0.0697. The molecule has 0 saturated heterocycles. The predicted molar refractivity (Wildman–Crippen MR) is 106 cm³/mol. The minimum Gasteiger partial charge on any atom is -0.508 e. The second-order valence-corrected chi connectivity index (χ2v) is 7.01. The molecule has 0 aliphatic carbocycles. The van der Waals surface area contributed by atoms with Gasteiger partial charge in [-0.15, -0.1) is 10.2 Å². The van der Waals surface area contributed by atoms with E-state index < -0.39 is 5.97 Å². The van der Waals surface area contributed by atoms with Crippen LogP contribution in [0.4, 0.5) is 0 Å². The first kappa shape index (κ1) is 19.0. The normalized spacial score (nSPS) is 11.6. The van der Waals surface area contributed by atoms with Crippen LogP contribution in [0.2, 0.25) is 5.02 Å². The number of phenols is 1. The van der Waals surface area contributed by atoms with Gasteiger partial charge in [-0.3, -0.25) is 0 Å². The maximum atomic E-state index is 11.7. The number of aliphatic carboxylic acids is 1. The molecule has 3 aromatic rings. The first-order chi connectivity index (χ1) is 13.0. The lowest BCUT2D eigenvalue weighted by atomic mass is 10.2. The summed E-state index contributed by atoms with van der Waals surface area (Å²) in [5.41, 5.74) is 1.43. The van der Waals surface area contributed by atoms with Crippen molar-refractivity contribution in [3.05, 3.63) is 64.0 Å². The van der Waals surface area contributed by atoms with Crippen molar-refractivity contribution in [3.63, 3.8) is 0 Å². The Morgan fingerprint density at radius 3 is 2.59 bits per heavy atom. The van der Waals surface area contributed by atoms with E-state index in [1.807, 2.05) is 23.6 Å². The Bertz CT molecular complexity index is 1000. The Morgan fingerprint density at radius 1 is 1.22 bits per heavy atom. The van der Waals surface area contributed by atoms with E-state index in [2.05, 4.69) is 10.2 Å². The first-order valence-corrected chi connectivity index (χ1v) is 9.28. The average Bonchev–Trinajstić information content (AvgIpc) is 3.04. The predicted octanol–water partition coefficient (Wildman–Crippen LogP) is 4.54. The highest BCUT2D eigenvalue weighted by molar-refractivity contribution is 8.04. The van der Waals surface area contributed by atoms with Crippen molar-refractivity contribution < 1.29 is 15.0 Å². The number of aromatic hydroxyl groups is 1. The van der Waals surface area contributed by atoms with Crippen LogP contribution in [0.25, 0.3) is 17.5 Å². The summed E-state index contributed by atoms with van der Waals surface area (Å²) in [6, 6.07) is 13.6. The summed E-state index contributed by atoms with van der Waals surface area (Å²) in [4.78, 5) is 11.8. The van der Waals surface area contributed by atoms with Gasteiger partial charge >= 0.3 is 5.97 Å². The molecule has 0 unspecified atom stereocenters. The number of benzene rings is 2. The number of hydrogen-bond donors (Lipinski definition) is 2. The van der Waals surface area contributed by atoms with Crippen LogP contribution in [0.3, 0.4) is 0 Å². The van der Waals surface area contributed by atoms with Crippen LogP contribution in [0.1, 0.15) is 12.5 Å². The zero-order chi connectivity index (χ0) is 19.4. The van der Waals surface area contributed by atoms with Gasteiger partial charge in [0.2, 0.25) is 0 Å². The smallest absolute Gasteiger partial charge is 0.342 e. The molecule has 27 heavy (non-hydrogen) atoms. The molecule has 2 aromatic carbocycles. The molecule has 1 heterocycles. The van der Waals surface area contributed by atoms with E-state index in [0.717, 1.165) is 17.3 Å². The van der Waals surface area contributed by atoms with Crippen LogP contribution in [-0.2, 0) is 11.3 Å². The number of halogens is 1. The molecule has 6 nitrogen and oxygen atoms in total. The van der Waals surface area contributed by atoms with E-state index >= 15 is 0 Å². The van der Waals surface area contributed by atoms with Crippen molar-refractivity contribution >= 4 is 35.4 Å². The van der Waals surface area contributed by atoms with Gasteiger partial charge in [0.05, 0.1) is 0 Å². The van der Waals surface area contributed by atoms with E-state index in [1.165, 1.54) is 18.2 Å². The first-order valence-electron chi connectivity index (χ1n) is 8.09. The van der Waals surface area contributed by atoms with Gasteiger partial charge in [0.15, 0.2) is 11.0 Å². The third kappa shape index (κ3) is 4.50. The molecule has 0 spiro atoms.